The zero-order valence-electron chi connectivity index (χ0n) is 15.4. The van der Waals surface area contributed by atoms with Gasteiger partial charge in [0.1, 0.15) is 11.2 Å². The number of hydrogen-bond donors (Lipinski definition) is 2. The molecule has 0 radical (unpaired) electrons. The molecule has 0 saturated heterocycles. The van der Waals surface area contributed by atoms with E-state index in [1.54, 1.807) is 13.0 Å². The Bertz CT molecular complexity index is 823. The van der Waals surface area contributed by atoms with Gasteiger partial charge in [0.2, 0.25) is 0 Å². The Morgan fingerprint density at radius 2 is 1.80 bits per heavy atom. The van der Waals surface area contributed by atoms with E-state index < -0.39 is 31.1 Å². The predicted octanol–water partition coefficient (Wildman–Crippen LogP) is 2.48. The number of methoxy groups -OCH3 is 1. The van der Waals surface area contributed by atoms with Gasteiger partial charge < -0.3 is 14.5 Å². The first-order chi connectivity index (χ1) is 11.3. The van der Waals surface area contributed by atoms with Crippen molar-refractivity contribution < 1.29 is 27.5 Å². The highest BCUT2D eigenvalue weighted by molar-refractivity contribution is 7.91. The molecule has 142 valence electrons. The standard InChI is InChI=1S/C15H26NO6PSSi/c1-7-11-12(9-10-13(15(11)22-3)25(4,5)6)24(20,21)16-14(8-2)23(17,18)19/h9-10H,7-8H2,1-6H3,(H2,17,18,19)/b16-14+. The normalized spacial score (nSPS) is 13.8. The lowest BCUT2D eigenvalue weighted by molar-refractivity contribution is 0.390. The molecule has 2 N–H and O–H groups in total. The quantitative estimate of drug-likeness (QED) is 0.408. The first-order valence-corrected chi connectivity index (χ1v) is 14.4. The largest absolute Gasteiger partial charge is 0.497 e. The fourth-order valence-corrected chi connectivity index (χ4v) is 6.49. The van der Waals surface area contributed by atoms with Crippen LogP contribution in [0.3, 0.4) is 0 Å². The lowest BCUT2D eigenvalue weighted by Crippen LogP contribution is -2.39. The van der Waals surface area contributed by atoms with Gasteiger partial charge in [0.15, 0.2) is 0 Å². The van der Waals surface area contributed by atoms with E-state index in [1.807, 2.05) is 0 Å². The van der Waals surface area contributed by atoms with E-state index in [9.17, 15) is 22.8 Å². The summed E-state index contributed by atoms with van der Waals surface area (Å²) in [5.41, 5.74) is -0.171. The van der Waals surface area contributed by atoms with Crippen LogP contribution in [0.5, 0.6) is 5.75 Å². The molecule has 0 fully saturated rings. The monoisotopic (exact) mass is 407 g/mol. The summed E-state index contributed by atoms with van der Waals surface area (Å²) in [6.45, 7) is 9.63. The summed E-state index contributed by atoms with van der Waals surface area (Å²) in [7, 11) is -9.27. The maximum absolute atomic E-state index is 12.7. The Hall–Kier alpha value is -0.993. The van der Waals surface area contributed by atoms with Gasteiger partial charge in [-0.25, -0.2) is 0 Å². The second kappa shape index (κ2) is 7.71. The van der Waals surface area contributed by atoms with Crippen molar-refractivity contribution in [2.45, 2.75) is 51.2 Å². The van der Waals surface area contributed by atoms with E-state index in [-0.39, 0.29) is 11.3 Å². The van der Waals surface area contributed by atoms with E-state index >= 15 is 0 Å². The lowest BCUT2D eigenvalue weighted by Gasteiger charge is -2.23. The summed E-state index contributed by atoms with van der Waals surface area (Å²) < 4.78 is 45.7. The molecule has 1 rings (SSSR count). The van der Waals surface area contributed by atoms with Crippen molar-refractivity contribution in [3.05, 3.63) is 17.7 Å². The molecule has 0 aliphatic heterocycles. The molecule has 0 amide bonds. The van der Waals surface area contributed by atoms with Crippen LogP contribution in [-0.2, 0) is 21.0 Å². The third kappa shape index (κ3) is 5.01. The van der Waals surface area contributed by atoms with Crippen LogP contribution < -0.4 is 9.92 Å². The third-order valence-electron chi connectivity index (χ3n) is 3.74. The molecule has 25 heavy (non-hydrogen) atoms. The van der Waals surface area contributed by atoms with E-state index in [4.69, 9.17) is 4.74 Å². The topological polar surface area (TPSA) is 113 Å². The maximum atomic E-state index is 12.7. The van der Waals surface area contributed by atoms with Crippen LogP contribution in [0.4, 0.5) is 0 Å². The summed E-state index contributed by atoms with van der Waals surface area (Å²) in [6.07, 6.45) is 0.234. The minimum atomic E-state index is -4.72. The molecule has 1 aromatic rings. The molecule has 1 aromatic carbocycles. The average molecular weight is 408 g/mol. The molecule has 0 bridgehead atoms. The van der Waals surface area contributed by atoms with Crippen molar-refractivity contribution in [2.75, 3.05) is 7.11 Å². The second-order valence-corrected chi connectivity index (χ2v) is 14.8. The minimum absolute atomic E-state index is 0.0757. The van der Waals surface area contributed by atoms with E-state index in [1.165, 1.54) is 20.1 Å². The van der Waals surface area contributed by atoms with Gasteiger partial charge in [-0.15, -0.1) is 0 Å². The molecule has 0 atom stereocenters. The van der Waals surface area contributed by atoms with Gasteiger partial charge in [0, 0.05) is 5.56 Å². The Morgan fingerprint density at radius 1 is 1.24 bits per heavy atom. The number of nitrogens with zero attached hydrogens (tertiary/aromatic N) is 1. The molecule has 0 heterocycles. The molecular weight excluding hydrogens is 381 g/mol. The maximum Gasteiger partial charge on any atom is 0.371 e. The molecule has 0 aliphatic rings. The fourth-order valence-electron chi connectivity index (χ4n) is 2.52. The van der Waals surface area contributed by atoms with Crippen molar-refractivity contribution in [1.29, 1.82) is 0 Å². The average Bonchev–Trinajstić information content (AvgIpc) is 2.48. The van der Waals surface area contributed by atoms with Crippen LogP contribution in [0.2, 0.25) is 19.6 Å². The van der Waals surface area contributed by atoms with Crippen molar-refractivity contribution >= 4 is 36.3 Å². The molecular formula is C15H26NO6PSSi. The third-order valence-corrected chi connectivity index (χ3v) is 8.37. The Morgan fingerprint density at radius 3 is 2.16 bits per heavy atom. The first-order valence-electron chi connectivity index (χ1n) is 7.89. The van der Waals surface area contributed by atoms with Gasteiger partial charge in [0.25, 0.3) is 10.0 Å². The van der Waals surface area contributed by atoms with Crippen molar-refractivity contribution in [1.82, 2.24) is 0 Å². The van der Waals surface area contributed by atoms with Crippen molar-refractivity contribution in [3.8, 4) is 5.75 Å². The Labute approximate surface area is 150 Å². The first kappa shape index (κ1) is 22.0. The van der Waals surface area contributed by atoms with Crippen LogP contribution in [0.25, 0.3) is 0 Å². The highest BCUT2D eigenvalue weighted by Crippen LogP contribution is 2.39. The molecule has 0 aromatic heterocycles. The van der Waals surface area contributed by atoms with E-state index in [0.29, 0.717) is 17.7 Å². The van der Waals surface area contributed by atoms with Gasteiger partial charge in [-0.2, -0.15) is 12.8 Å². The smallest absolute Gasteiger partial charge is 0.371 e. The lowest BCUT2D eigenvalue weighted by atomic mass is 10.1. The summed E-state index contributed by atoms with van der Waals surface area (Å²) >= 11 is 0. The van der Waals surface area contributed by atoms with Crippen molar-refractivity contribution in [3.63, 3.8) is 0 Å². The Kier molecular flexibility index (Phi) is 6.80. The fraction of sp³-hybridized carbons (Fsp3) is 0.533. The van der Waals surface area contributed by atoms with Crippen LogP contribution in [0.1, 0.15) is 25.8 Å². The second-order valence-electron chi connectivity index (χ2n) is 6.61. The number of rotatable bonds is 7. The Balaban J connectivity index is 3.73. The minimum Gasteiger partial charge on any atom is -0.497 e. The zero-order valence-corrected chi connectivity index (χ0v) is 18.1. The molecule has 10 heteroatoms. The zero-order chi connectivity index (χ0) is 19.6. The highest BCUT2D eigenvalue weighted by atomic mass is 32.2. The molecule has 0 aliphatic carbocycles. The molecule has 0 saturated carbocycles. The highest BCUT2D eigenvalue weighted by Gasteiger charge is 2.30. The van der Waals surface area contributed by atoms with Crippen LogP contribution >= 0.6 is 7.60 Å². The molecule has 0 unspecified atom stereocenters. The van der Waals surface area contributed by atoms with Gasteiger partial charge >= 0.3 is 7.60 Å². The van der Waals surface area contributed by atoms with E-state index in [2.05, 4.69) is 24.0 Å². The van der Waals surface area contributed by atoms with Gasteiger partial charge in [-0.3, -0.25) is 4.57 Å². The number of ether oxygens (including phenoxy) is 1. The van der Waals surface area contributed by atoms with Gasteiger partial charge in [-0.05, 0) is 24.1 Å². The summed E-state index contributed by atoms with van der Waals surface area (Å²) in [6, 6.07) is 3.18. The number of benzene rings is 1. The van der Waals surface area contributed by atoms with Gasteiger partial charge in [-0.1, -0.05) is 39.6 Å². The summed E-state index contributed by atoms with van der Waals surface area (Å²) in [5, 5.41) is 0.987. The number of sulfonamides is 1. The summed E-state index contributed by atoms with van der Waals surface area (Å²) in [4.78, 5) is 18.4. The van der Waals surface area contributed by atoms with Gasteiger partial charge in [0.05, 0.1) is 20.1 Å². The van der Waals surface area contributed by atoms with Crippen LogP contribution in [0, 0.1) is 0 Å². The molecule has 0 spiro atoms. The summed E-state index contributed by atoms with van der Waals surface area (Å²) in [5.74, 6) is 0.521. The van der Waals surface area contributed by atoms with Crippen LogP contribution in [0.15, 0.2) is 21.4 Å². The van der Waals surface area contributed by atoms with Crippen molar-refractivity contribution in [2.24, 2.45) is 4.40 Å². The number of hydrogen-bond acceptors (Lipinski definition) is 4. The van der Waals surface area contributed by atoms with Crippen LogP contribution in [-0.4, -0.2) is 38.8 Å². The van der Waals surface area contributed by atoms with E-state index in [0.717, 1.165) is 5.19 Å². The SMILES string of the molecule is CC/C(=N\S(=O)(=O)c1ccc([Si](C)(C)C)c(OC)c1CC)P(=O)(O)O. The molecule has 7 nitrogen and oxygen atoms in total. The predicted molar refractivity (Wildman–Crippen MR) is 102 cm³/mol.